The first kappa shape index (κ1) is 7.15. The third kappa shape index (κ3) is 2.11. The van der Waals surface area contributed by atoms with Gasteiger partial charge in [0.1, 0.15) is 0 Å². The average Bonchev–Trinajstić information content (AvgIpc) is 2.03. The summed E-state index contributed by atoms with van der Waals surface area (Å²) in [7, 11) is 0. The van der Waals surface area contributed by atoms with Crippen molar-refractivity contribution in [3.05, 3.63) is 30.3 Å². The lowest BCUT2D eigenvalue weighted by atomic mass is 10.3. The van der Waals surface area contributed by atoms with Crippen LogP contribution in [-0.4, -0.2) is 5.55 Å². The third-order valence-corrected chi connectivity index (χ3v) is 1.04. The molecule has 0 atom stereocenters. The van der Waals surface area contributed by atoms with E-state index in [2.05, 4.69) is 17.8 Å². The largest absolute Gasteiger partial charge is 0.357 e. The lowest BCUT2D eigenvalue weighted by molar-refractivity contribution is 0.345. The fraction of sp³-hybridized carbons (Fsp3) is 0. The Morgan fingerprint density at radius 3 is 2.60 bits per heavy atom. The van der Waals surface area contributed by atoms with Crippen molar-refractivity contribution in [1.29, 1.82) is 0 Å². The topological polar surface area (TPSA) is 21.6 Å². The number of hydrogen-bond donors (Lipinski definition) is 1. The normalized spacial score (nSPS) is 10.1. The van der Waals surface area contributed by atoms with Crippen LogP contribution >= 0.6 is 12.6 Å². The van der Waals surface area contributed by atoms with Gasteiger partial charge in [-0.05, 0) is 12.1 Å². The second-order valence-electron chi connectivity index (χ2n) is 1.63. The summed E-state index contributed by atoms with van der Waals surface area (Å²) in [5, 5.41) is 3.48. The Balaban J connectivity index is 2.59. The van der Waals surface area contributed by atoms with Gasteiger partial charge in [0.15, 0.2) is 5.75 Å². The number of benzene rings is 1. The van der Waals surface area contributed by atoms with E-state index in [1.54, 1.807) is 0 Å². The van der Waals surface area contributed by atoms with Crippen molar-refractivity contribution < 1.29 is 4.84 Å². The molecular formula is C7H7NOS. The van der Waals surface area contributed by atoms with Gasteiger partial charge in [-0.1, -0.05) is 23.4 Å². The van der Waals surface area contributed by atoms with Gasteiger partial charge in [-0.3, -0.25) is 0 Å². The van der Waals surface area contributed by atoms with Crippen LogP contribution in [0.4, 0.5) is 0 Å². The number of nitrogens with zero attached hydrogens (tertiary/aromatic N) is 1. The predicted octanol–water partition coefficient (Wildman–Crippen LogP) is 1.94. The van der Waals surface area contributed by atoms with E-state index in [-0.39, 0.29) is 0 Å². The van der Waals surface area contributed by atoms with Crippen LogP contribution in [-0.2, 0) is 0 Å². The monoisotopic (exact) mass is 153 g/mol. The molecule has 0 unspecified atom stereocenters. The van der Waals surface area contributed by atoms with Crippen LogP contribution in [0, 0.1) is 0 Å². The maximum atomic E-state index is 4.85. The van der Waals surface area contributed by atoms with Gasteiger partial charge in [-0.25, -0.2) is 0 Å². The van der Waals surface area contributed by atoms with Gasteiger partial charge in [0, 0.05) is 0 Å². The molecule has 0 aromatic heterocycles. The number of hydrogen-bond acceptors (Lipinski definition) is 2. The molecule has 52 valence electrons. The molecular weight excluding hydrogens is 146 g/mol. The van der Waals surface area contributed by atoms with E-state index >= 15 is 0 Å². The van der Waals surface area contributed by atoms with E-state index in [4.69, 9.17) is 4.84 Å². The first-order valence-electron chi connectivity index (χ1n) is 2.81. The Hall–Kier alpha value is -0.960. The molecule has 0 aliphatic rings. The first-order chi connectivity index (χ1) is 4.93. The molecule has 1 rings (SSSR count). The van der Waals surface area contributed by atoms with Crippen LogP contribution in [0.3, 0.4) is 0 Å². The molecule has 1 aromatic carbocycles. The molecule has 0 amide bonds. The van der Waals surface area contributed by atoms with Gasteiger partial charge in [-0.2, -0.15) is 0 Å². The van der Waals surface area contributed by atoms with Crippen molar-refractivity contribution >= 4 is 18.2 Å². The Bertz CT molecular complexity index is 210. The summed E-state index contributed by atoms with van der Waals surface area (Å²) in [6, 6.07) is 9.31. The molecule has 0 radical (unpaired) electrons. The van der Waals surface area contributed by atoms with Crippen LogP contribution in [0.25, 0.3) is 0 Å². The minimum Gasteiger partial charge on any atom is -0.357 e. The van der Waals surface area contributed by atoms with E-state index in [1.807, 2.05) is 30.3 Å². The van der Waals surface area contributed by atoms with Crippen LogP contribution in [0.5, 0.6) is 5.75 Å². The van der Waals surface area contributed by atoms with Crippen molar-refractivity contribution in [2.45, 2.75) is 0 Å². The summed E-state index contributed by atoms with van der Waals surface area (Å²) in [5.41, 5.74) is 1.30. The van der Waals surface area contributed by atoms with Crippen molar-refractivity contribution in [3.63, 3.8) is 0 Å². The van der Waals surface area contributed by atoms with Gasteiger partial charge in [0.25, 0.3) is 0 Å². The smallest absolute Gasteiger partial charge is 0.157 e. The summed E-state index contributed by atoms with van der Waals surface area (Å²) < 4.78 is 0. The Morgan fingerprint density at radius 1 is 1.30 bits per heavy atom. The van der Waals surface area contributed by atoms with Crippen molar-refractivity contribution in [1.82, 2.24) is 0 Å². The molecule has 10 heavy (non-hydrogen) atoms. The quantitative estimate of drug-likeness (QED) is 0.298. The van der Waals surface area contributed by atoms with Gasteiger partial charge in [0.05, 0.1) is 5.55 Å². The Labute approximate surface area is 64.9 Å². The SMILES string of the molecule is S/C=N/Oc1ccccc1. The van der Waals surface area contributed by atoms with E-state index in [9.17, 15) is 0 Å². The molecule has 0 bridgehead atoms. The predicted molar refractivity (Wildman–Crippen MR) is 44.5 cm³/mol. The maximum Gasteiger partial charge on any atom is 0.157 e. The molecule has 0 spiro atoms. The number of para-hydroxylation sites is 1. The average molecular weight is 153 g/mol. The number of oxime groups is 1. The molecule has 0 fully saturated rings. The third-order valence-electron chi connectivity index (χ3n) is 0.948. The minimum atomic E-state index is 0.716. The van der Waals surface area contributed by atoms with Crippen LogP contribution in [0.15, 0.2) is 35.5 Å². The number of thiol groups is 1. The van der Waals surface area contributed by atoms with E-state index in [0.29, 0.717) is 5.75 Å². The second kappa shape index (κ2) is 3.95. The van der Waals surface area contributed by atoms with Crippen molar-refractivity contribution in [2.75, 3.05) is 0 Å². The van der Waals surface area contributed by atoms with Crippen LogP contribution < -0.4 is 4.84 Å². The molecule has 0 saturated carbocycles. The van der Waals surface area contributed by atoms with Gasteiger partial charge in [-0.15, -0.1) is 12.6 Å². The summed E-state index contributed by atoms with van der Waals surface area (Å²) in [6.45, 7) is 0. The lowest BCUT2D eigenvalue weighted by Crippen LogP contribution is -1.79. The van der Waals surface area contributed by atoms with Crippen LogP contribution in [0.1, 0.15) is 0 Å². The van der Waals surface area contributed by atoms with E-state index in [0.717, 1.165) is 0 Å². The zero-order valence-corrected chi connectivity index (χ0v) is 6.16. The molecule has 1 aromatic rings. The van der Waals surface area contributed by atoms with Crippen molar-refractivity contribution in [2.24, 2.45) is 5.16 Å². The second-order valence-corrected chi connectivity index (χ2v) is 1.86. The molecule has 0 heterocycles. The van der Waals surface area contributed by atoms with Gasteiger partial charge >= 0.3 is 0 Å². The molecule has 0 aliphatic carbocycles. The highest BCUT2D eigenvalue weighted by Crippen LogP contribution is 2.07. The summed E-state index contributed by atoms with van der Waals surface area (Å²) in [4.78, 5) is 4.85. The zero-order valence-electron chi connectivity index (χ0n) is 5.27. The highest BCUT2D eigenvalue weighted by Gasteiger charge is 1.84. The first-order valence-corrected chi connectivity index (χ1v) is 3.33. The van der Waals surface area contributed by atoms with E-state index < -0.39 is 0 Å². The van der Waals surface area contributed by atoms with Gasteiger partial charge < -0.3 is 4.84 Å². The summed E-state index contributed by atoms with van der Waals surface area (Å²) >= 11 is 3.73. The maximum absolute atomic E-state index is 4.85. The Morgan fingerprint density at radius 2 is 2.00 bits per heavy atom. The number of rotatable bonds is 2. The highest BCUT2D eigenvalue weighted by molar-refractivity contribution is 7.94. The molecule has 0 N–H and O–H groups in total. The summed E-state index contributed by atoms with van der Waals surface area (Å²) in [6.07, 6.45) is 0. The molecule has 3 heteroatoms. The lowest BCUT2D eigenvalue weighted by Gasteiger charge is -1.93. The highest BCUT2D eigenvalue weighted by atomic mass is 32.1. The zero-order chi connectivity index (χ0) is 7.23. The van der Waals surface area contributed by atoms with Crippen molar-refractivity contribution in [3.8, 4) is 5.75 Å². The fourth-order valence-electron chi connectivity index (χ4n) is 0.566. The van der Waals surface area contributed by atoms with E-state index in [1.165, 1.54) is 5.55 Å². The standard InChI is InChI=1S/C7H7NOS/c10-6-8-9-7-4-2-1-3-5-7/h1-6H,(H,8,10). The molecule has 2 nitrogen and oxygen atoms in total. The Kier molecular flexibility index (Phi) is 2.83. The fourth-order valence-corrected chi connectivity index (χ4v) is 0.613. The molecule has 0 saturated heterocycles. The summed E-state index contributed by atoms with van der Waals surface area (Å²) in [5.74, 6) is 0.716. The molecule has 0 aliphatic heterocycles. The van der Waals surface area contributed by atoms with Crippen LogP contribution in [0.2, 0.25) is 0 Å². The minimum absolute atomic E-state index is 0.716. The van der Waals surface area contributed by atoms with Gasteiger partial charge in [0.2, 0.25) is 0 Å².